The Labute approximate surface area is 638 Å². The second-order valence-electron chi connectivity index (χ2n) is 30.9. The van der Waals surface area contributed by atoms with E-state index in [4.69, 9.17) is 42.0 Å². The number of benzene rings is 5. The summed E-state index contributed by atoms with van der Waals surface area (Å²) in [5.74, 6) is -13.3. The number of carbonyl (C=O) groups excluding carboxylic acids is 8. The number of rotatable bonds is 19. The number of phenolic OH excluding ortho intramolecular Hbond substituents is 1. The number of halogens is 1. The summed E-state index contributed by atoms with van der Waals surface area (Å²) in [7, 11) is 1.52. The Morgan fingerprint density at radius 2 is 1.35 bits per heavy atom. The molecule has 110 heavy (non-hydrogen) atoms. The highest BCUT2D eigenvalue weighted by Gasteiger charge is 2.53. The topological polar surface area (TPSA) is 496 Å². The number of phenols is 1. The average Bonchev–Trinajstić information content (AvgIpc) is 1.54. The first kappa shape index (κ1) is 79.0. The van der Waals surface area contributed by atoms with Gasteiger partial charge in [0.05, 0.1) is 17.5 Å². The first-order valence-electron chi connectivity index (χ1n) is 37.6. The molecular formula is C78H96ClN11O20. The second-order valence-corrected chi connectivity index (χ2v) is 31.3. The molecule has 5 aliphatic carbocycles. The summed E-state index contributed by atoms with van der Waals surface area (Å²) in [5.41, 5.74) is 10.7. The van der Waals surface area contributed by atoms with Crippen LogP contribution >= 0.6 is 11.6 Å². The standard InChI is InChI=1S/C78H96ClN11O20/c1-6-7-8-9-16-83-31-44-49(91)28-43-56-42-24-36(10-13-45(42)78(105,106)57(44)56)59-72(100)90-63(76(104)88-61(43)74(102)85-58-39-20-34-19-35(22-39)23-40(58)21-34)65(94)38-12-15-51(46(79)25-38)108-53-27-41-26-52(69(53)110-77-68(97)67(96)66(95)54(30-80)109-77)107-50-14-11-37(18-33(50)4)64(93)62(89-70(98)47(82-5)17-32(2)3)75(103)84-48(29-55(81)92)71(99)86-60(41)73(101)87-59/h10-15,18,24-28,32,34-35,39-40,47-48,54,58-68,77,82-83,91,93-97,105-106H,6-9,16-17,19-23,29-31,80H2,1-5H3,(H2,81,92)(H,84,103)(H,85,102)(H,86,99)(H,87,101)(H,88,104)(H,89,98)(H,90,100)/t34?,35?,39?,40?,47-,48+,54-,58?,59-,60-,61+,62-,63+,64-,65-,66-,67+,68-,77+/m1/s1. The van der Waals surface area contributed by atoms with Crippen LogP contribution in [0.4, 0.5) is 0 Å². The summed E-state index contributed by atoms with van der Waals surface area (Å²) in [6, 6.07) is 1.62. The SMILES string of the molecule is CCCCCCNCc1c(O)cc2c3c1C(O)(O)c1ccc(cc1-3)[C@H]1NC(=O)[C@@H]3NC(=O)[C@H](CC(N)=O)NC(=O)[C@H](NC(=O)[C@@H](CC(C)C)NC)[C@H](O)c4ccc(c(C)c4)Oc4cc3cc(c4O[C@@H]3O[C@H](CN)[C@@H](O)[C@H](O)[C@H]3O)Oc3ccc(cc3Cl)[C@@H](O)[C@H](NC1=O)C(=O)N[C@@H]2C(=O)NC1C2CC3CC(C2)CC1C3. The van der Waals surface area contributed by atoms with Gasteiger partial charge in [-0.2, -0.15) is 0 Å². The van der Waals surface area contributed by atoms with Crippen LogP contribution in [-0.2, 0) is 55.4 Å². The molecule has 590 valence electrons. The summed E-state index contributed by atoms with van der Waals surface area (Å²) < 4.78 is 25.8. The maximum absolute atomic E-state index is 16.4. The highest BCUT2D eigenvalue weighted by Crippen LogP contribution is 2.56. The van der Waals surface area contributed by atoms with Crippen LogP contribution < -0.4 is 73.5 Å². The van der Waals surface area contributed by atoms with Gasteiger partial charge in [0.2, 0.25) is 65.1 Å². The van der Waals surface area contributed by atoms with Crippen LogP contribution in [0, 0.1) is 36.5 Å². The molecule has 4 saturated carbocycles. The van der Waals surface area contributed by atoms with E-state index in [0.29, 0.717) is 18.4 Å². The molecule has 6 aliphatic heterocycles. The van der Waals surface area contributed by atoms with E-state index >= 15 is 24.0 Å². The number of amides is 8. The highest BCUT2D eigenvalue weighted by molar-refractivity contribution is 6.32. The van der Waals surface area contributed by atoms with Crippen molar-refractivity contribution in [1.82, 2.24) is 47.9 Å². The van der Waals surface area contributed by atoms with Gasteiger partial charge in [-0.3, -0.25) is 38.4 Å². The fourth-order valence-electron chi connectivity index (χ4n) is 17.4. The van der Waals surface area contributed by atoms with Gasteiger partial charge in [0.25, 0.3) is 0 Å². The van der Waals surface area contributed by atoms with Crippen LogP contribution in [0.3, 0.4) is 0 Å². The zero-order chi connectivity index (χ0) is 78.6. The van der Waals surface area contributed by atoms with Crippen molar-refractivity contribution >= 4 is 58.9 Å². The lowest BCUT2D eigenvalue weighted by Gasteiger charge is -2.54. The molecule has 0 unspecified atom stereocenters. The number of nitrogens with one attached hydrogen (secondary N) is 9. The van der Waals surface area contributed by atoms with Gasteiger partial charge in [0.15, 0.2) is 11.5 Å². The van der Waals surface area contributed by atoms with Crippen molar-refractivity contribution in [2.75, 3.05) is 20.1 Å². The van der Waals surface area contributed by atoms with Gasteiger partial charge < -0.3 is 119 Å². The Bertz CT molecular complexity index is 4400. The summed E-state index contributed by atoms with van der Waals surface area (Å²) in [6.45, 7) is 7.21. The molecule has 1 saturated heterocycles. The number of hydrogen-bond acceptors (Lipinski definition) is 23. The van der Waals surface area contributed by atoms with Gasteiger partial charge in [-0.15, -0.1) is 0 Å². The van der Waals surface area contributed by atoms with Crippen LogP contribution in [0.25, 0.3) is 11.1 Å². The third-order valence-electron chi connectivity index (χ3n) is 22.8. The Balaban J connectivity index is 1.01. The molecule has 6 heterocycles. The van der Waals surface area contributed by atoms with E-state index in [1.165, 1.54) is 74.6 Å². The maximum atomic E-state index is 16.4. The fourth-order valence-corrected chi connectivity index (χ4v) is 17.6. The zero-order valence-corrected chi connectivity index (χ0v) is 62.1. The molecule has 5 aromatic carbocycles. The van der Waals surface area contributed by atoms with Gasteiger partial charge >= 0.3 is 0 Å². The predicted octanol–water partition coefficient (Wildman–Crippen LogP) is 2.10. The number of hydrogen-bond donors (Lipinski definition) is 19. The van der Waals surface area contributed by atoms with Crippen molar-refractivity contribution < 1.29 is 98.2 Å². The number of aliphatic hydroxyl groups excluding tert-OH is 5. The molecule has 14 atom stereocenters. The zero-order valence-electron chi connectivity index (χ0n) is 61.4. The minimum absolute atomic E-state index is 0.00856. The molecular weight excluding hydrogens is 1450 g/mol. The van der Waals surface area contributed by atoms with E-state index in [1.54, 1.807) is 0 Å². The van der Waals surface area contributed by atoms with E-state index in [0.717, 1.165) is 69.9 Å². The molecule has 0 spiro atoms. The Morgan fingerprint density at radius 3 is 1.99 bits per heavy atom. The largest absolute Gasteiger partial charge is 0.508 e. The number of primary amides is 1. The minimum atomic E-state index is -2.98. The smallest absolute Gasteiger partial charge is 0.248 e. The van der Waals surface area contributed by atoms with Gasteiger partial charge in [-0.05, 0) is 188 Å². The highest BCUT2D eigenvalue weighted by atomic mass is 35.5. The molecule has 5 fully saturated rings. The van der Waals surface area contributed by atoms with E-state index in [9.17, 15) is 55.2 Å². The molecule has 16 rings (SSSR count). The lowest BCUT2D eigenvalue weighted by molar-refractivity contribution is -0.270. The number of aliphatic hydroxyl groups is 7. The number of ether oxygens (including phenoxy) is 4. The monoisotopic (exact) mass is 1540 g/mol. The molecule has 21 N–H and O–H groups in total. The maximum Gasteiger partial charge on any atom is 0.248 e. The van der Waals surface area contributed by atoms with Crippen LogP contribution in [0.1, 0.15) is 172 Å². The molecule has 32 heteroatoms. The van der Waals surface area contributed by atoms with Crippen molar-refractivity contribution in [3.63, 3.8) is 0 Å². The Hall–Kier alpha value is -9.09. The van der Waals surface area contributed by atoms with Crippen molar-refractivity contribution in [3.8, 4) is 45.6 Å². The third kappa shape index (κ3) is 15.7. The van der Waals surface area contributed by atoms with E-state index in [1.807, 2.05) is 13.8 Å². The van der Waals surface area contributed by atoms with Crippen molar-refractivity contribution in [2.24, 2.45) is 41.1 Å². The van der Waals surface area contributed by atoms with Gasteiger partial charge in [0.1, 0.15) is 90.1 Å². The van der Waals surface area contributed by atoms with Crippen molar-refractivity contribution in [1.29, 1.82) is 0 Å². The summed E-state index contributed by atoms with van der Waals surface area (Å²) >= 11 is 7.20. The minimum Gasteiger partial charge on any atom is -0.508 e. The third-order valence-corrected chi connectivity index (χ3v) is 23.1. The first-order chi connectivity index (χ1) is 52.4. The lowest BCUT2D eigenvalue weighted by Crippen LogP contribution is -2.60. The second kappa shape index (κ2) is 32.3. The van der Waals surface area contributed by atoms with E-state index < -0.39 is 174 Å². The lowest BCUT2D eigenvalue weighted by atomic mass is 9.54. The van der Waals surface area contributed by atoms with Crippen LogP contribution in [0.15, 0.2) is 72.8 Å². The summed E-state index contributed by atoms with van der Waals surface area (Å²) in [4.78, 5) is 122. The number of unbranched alkanes of at least 4 members (excludes halogenated alkanes) is 3. The molecule has 0 aromatic heterocycles. The number of nitrogens with two attached hydrogens (primary N) is 2. The molecule has 31 nitrogen and oxygen atoms in total. The molecule has 5 aromatic rings. The van der Waals surface area contributed by atoms with Gasteiger partial charge in [-0.25, -0.2) is 0 Å². The molecule has 0 radical (unpaired) electrons. The number of aryl methyl sites for hydroxylation is 1. The van der Waals surface area contributed by atoms with E-state index in [2.05, 4.69) is 54.8 Å². The Kier molecular flexibility index (Phi) is 23.2. The number of aromatic hydroxyl groups is 1. The summed E-state index contributed by atoms with van der Waals surface area (Å²) in [6.07, 6.45) is -5.83. The number of fused-ring (bicyclic) bond motifs is 12. The van der Waals surface area contributed by atoms with Crippen LogP contribution in [0.2, 0.25) is 5.02 Å². The van der Waals surface area contributed by atoms with Crippen molar-refractivity contribution in [3.05, 3.63) is 128 Å². The van der Waals surface area contributed by atoms with E-state index in [-0.39, 0.29) is 114 Å². The normalized spacial score (nSPS) is 29.5. The average molecular weight is 1540 g/mol. The van der Waals surface area contributed by atoms with Crippen LogP contribution in [0.5, 0.6) is 34.5 Å². The molecule has 8 amide bonds. The molecule has 15 bridgehead atoms. The Morgan fingerprint density at radius 1 is 0.700 bits per heavy atom. The summed E-state index contributed by atoms with van der Waals surface area (Å²) in [5, 5.41) is 122. The molecule has 11 aliphatic rings. The quantitative estimate of drug-likeness (QED) is 0.0416. The first-order valence-corrected chi connectivity index (χ1v) is 38.0. The van der Waals surface area contributed by atoms with Crippen LogP contribution in [-0.4, -0.2) is 169 Å². The fraction of sp³-hybridized carbons (Fsp3) is 0.513. The number of carbonyl (C=O) groups is 8. The van der Waals surface area contributed by atoms with Gasteiger partial charge in [0, 0.05) is 35.8 Å². The van der Waals surface area contributed by atoms with Crippen molar-refractivity contribution in [2.45, 2.75) is 202 Å². The van der Waals surface area contributed by atoms with Gasteiger partial charge in [-0.1, -0.05) is 75.9 Å². The predicted molar refractivity (Wildman–Crippen MR) is 394 cm³/mol. The number of likely N-dealkylation sites (N-methyl/N-ethyl adjacent to an activating group) is 1.